The van der Waals surface area contributed by atoms with E-state index in [4.69, 9.17) is 9.97 Å². The zero-order valence-electron chi connectivity index (χ0n) is 15.9. The summed E-state index contributed by atoms with van der Waals surface area (Å²) in [6.45, 7) is 11.8. The van der Waals surface area contributed by atoms with Crippen LogP contribution in [0.3, 0.4) is 0 Å². The third kappa shape index (κ3) is 4.50. The van der Waals surface area contributed by atoms with Crippen LogP contribution in [-0.2, 0) is 6.54 Å². The fraction of sp³-hybridized carbons (Fsp3) is 0.524. The molecule has 1 unspecified atom stereocenters. The molecule has 1 atom stereocenters. The van der Waals surface area contributed by atoms with Gasteiger partial charge in [0.1, 0.15) is 5.82 Å². The molecule has 1 saturated heterocycles. The van der Waals surface area contributed by atoms with Gasteiger partial charge in [-0.15, -0.1) is 0 Å². The van der Waals surface area contributed by atoms with Gasteiger partial charge in [0.05, 0.1) is 0 Å². The molecule has 4 heteroatoms. The SMILES string of the molecule is Cc1cc(N2CCCC(C)C2)nc(N(Cc2ccccc2)C(C)C)n1. The van der Waals surface area contributed by atoms with E-state index in [0.717, 1.165) is 43.0 Å². The smallest absolute Gasteiger partial charge is 0.228 e. The largest absolute Gasteiger partial charge is 0.356 e. The third-order valence-electron chi connectivity index (χ3n) is 4.89. The molecule has 0 bridgehead atoms. The highest BCUT2D eigenvalue weighted by molar-refractivity contribution is 5.47. The molecule has 2 heterocycles. The van der Waals surface area contributed by atoms with Crippen molar-refractivity contribution in [2.45, 2.75) is 53.1 Å². The molecular weight excluding hydrogens is 308 g/mol. The van der Waals surface area contributed by atoms with E-state index in [9.17, 15) is 0 Å². The highest BCUT2D eigenvalue weighted by atomic mass is 15.3. The number of piperidine rings is 1. The standard InChI is InChI=1S/C21H30N4/c1-16(2)25(15-19-10-6-5-7-11-19)21-22-18(4)13-20(23-21)24-12-8-9-17(3)14-24/h5-7,10-11,13,16-17H,8-9,12,14-15H2,1-4H3. The van der Waals surface area contributed by atoms with E-state index in [1.165, 1.54) is 18.4 Å². The van der Waals surface area contributed by atoms with Crippen LogP contribution in [0.25, 0.3) is 0 Å². The summed E-state index contributed by atoms with van der Waals surface area (Å²) in [5.74, 6) is 2.65. The Morgan fingerprint density at radius 3 is 2.64 bits per heavy atom. The first-order valence-corrected chi connectivity index (χ1v) is 9.44. The van der Waals surface area contributed by atoms with E-state index in [1.54, 1.807) is 0 Å². The molecular formula is C21H30N4. The quantitative estimate of drug-likeness (QED) is 0.807. The van der Waals surface area contributed by atoms with Crippen molar-refractivity contribution in [3.63, 3.8) is 0 Å². The molecule has 1 aromatic carbocycles. The van der Waals surface area contributed by atoms with Crippen molar-refractivity contribution in [2.75, 3.05) is 22.9 Å². The van der Waals surface area contributed by atoms with Crippen LogP contribution in [0, 0.1) is 12.8 Å². The van der Waals surface area contributed by atoms with Gasteiger partial charge in [0.2, 0.25) is 5.95 Å². The van der Waals surface area contributed by atoms with Crippen molar-refractivity contribution < 1.29 is 0 Å². The molecule has 2 aromatic rings. The lowest BCUT2D eigenvalue weighted by Gasteiger charge is -2.33. The fourth-order valence-electron chi connectivity index (χ4n) is 3.49. The molecule has 1 fully saturated rings. The van der Waals surface area contributed by atoms with Gasteiger partial charge >= 0.3 is 0 Å². The number of aromatic nitrogens is 2. The number of hydrogen-bond acceptors (Lipinski definition) is 4. The van der Waals surface area contributed by atoms with Crippen LogP contribution in [0.15, 0.2) is 36.4 Å². The zero-order chi connectivity index (χ0) is 17.8. The normalized spacial score (nSPS) is 17.8. The Morgan fingerprint density at radius 1 is 1.20 bits per heavy atom. The Kier molecular flexibility index (Phi) is 5.57. The first-order valence-electron chi connectivity index (χ1n) is 9.44. The second kappa shape index (κ2) is 7.85. The van der Waals surface area contributed by atoms with Crippen LogP contribution in [-0.4, -0.2) is 29.1 Å². The molecule has 3 rings (SSSR count). The van der Waals surface area contributed by atoms with E-state index < -0.39 is 0 Å². The van der Waals surface area contributed by atoms with Gasteiger partial charge in [-0.2, -0.15) is 4.98 Å². The van der Waals surface area contributed by atoms with Crippen molar-refractivity contribution in [1.29, 1.82) is 0 Å². The number of rotatable bonds is 5. The van der Waals surface area contributed by atoms with E-state index in [2.05, 4.69) is 73.9 Å². The van der Waals surface area contributed by atoms with Crippen LogP contribution in [0.4, 0.5) is 11.8 Å². The maximum absolute atomic E-state index is 4.95. The molecule has 134 valence electrons. The summed E-state index contributed by atoms with van der Waals surface area (Å²) in [5, 5.41) is 0. The number of aryl methyl sites for hydroxylation is 1. The van der Waals surface area contributed by atoms with Crippen molar-refractivity contribution >= 4 is 11.8 Å². The van der Waals surface area contributed by atoms with Gasteiger partial charge in [-0.3, -0.25) is 0 Å². The molecule has 0 saturated carbocycles. The lowest BCUT2D eigenvalue weighted by Crippen LogP contribution is -2.36. The van der Waals surface area contributed by atoms with Crippen molar-refractivity contribution in [3.05, 3.63) is 47.7 Å². The van der Waals surface area contributed by atoms with Gasteiger partial charge in [0.15, 0.2) is 0 Å². The van der Waals surface area contributed by atoms with Crippen LogP contribution in [0.1, 0.15) is 44.9 Å². The maximum atomic E-state index is 4.95. The van der Waals surface area contributed by atoms with Crippen molar-refractivity contribution in [2.24, 2.45) is 5.92 Å². The predicted octanol–water partition coefficient (Wildman–Crippen LogP) is 4.44. The molecule has 0 N–H and O–H groups in total. The zero-order valence-corrected chi connectivity index (χ0v) is 15.9. The van der Waals surface area contributed by atoms with E-state index in [0.29, 0.717) is 6.04 Å². The molecule has 0 spiro atoms. The Labute approximate surface area is 151 Å². The second-order valence-electron chi connectivity index (χ2n) is 7.57. The summed E-state index contributed by atoms with van der Waals surface area (Å²) < 4.78 is 0. The first-order chi connectivity index (χ1) is 12.0. The summed E-state index contributed by atoms with van der Waals surface area (Å²) in [6.07, 6.45) is 2.57. The second-order valence-corrected chi connectivity index (χ2v) is 7.57. The van der Waals surface area contributed by atoms with Gasteiger partial charge in [0, 0.05) is 37.4 Å². The van der Waals surface area contributed by atoms with Crippen molar-refractivity contribution in [3.8, 4) is 0 Å². The summed E-state index contributed by atoms with van der Waals surface area (Å²) in [7, 11) is 0. The minimum atomic E-state index is 0.343. The molecule has 1 aliphatic rings. The highest BCUT2D eigenvalue weighted by Gasteiger charge is 2.21. The number of benzene rings is 1. The molecule has 4 nitrogen and oxygen atoms in total. The number of anilines is 2. The topological polar surface area (TPSA) is 32.3 Å². The number of hydrogen-bond donors (Lipinski definition) is 0. The van der Waals surface area contributed by atoms with Crippen LogP contribution < -0.4 is 9.80 Å². The van der Waals surface area contributed by atoms with E-state index in [1.807, 2.05) is 0 Å². The Morgan fingerprint density at radius 2 is 1.96 bits per heavy atom. The van der Waals surface area contributed by atoms with Gasteiger partial charge < -0.3 is 9.80 Å². The summed E-state index contributed by atoms with van der Waals surface area (Å²) in [6, 6.07) is 13.0. The molecule has 0 aliphatic carbocycles. The number of nitrogens with zero attached hydrogens (tertiary/aromatic N) is 4. The highest BCUT2D eigenvalue weighted by Crippen LogP contribution is 2.25. The van der Waals surface area contributed by atoms with E-state index in [-0.39, 0.29) is 0 Å². The first kappa shape index (κ1) is 17.7. The van der Waals surface area contributed by atoms with Gasteiger partial charge in [-0.05, 0) is 45.1 Å². The molecule has 1 aromatic heterocycles. The van der Waals surface area contributed by atoms with Crippen LogP contribution >= 0.6 is 0 Å². The van der Waals surface area contributed by atoms with Gasteiger partial charge in [0.25, 0.3) is 0 Å². The molecule has 0 radical (unpaired) electrons. The Balaban J connectivity index is 1.88. The minimum absolute atomic E-state index is 0.343. The average molecular weight is 338 g/mol. The minimum Gasteiger partial charge on any atom is -0.356 e. The summed E-state index contributed by atoms with van der Waals surface area (Å²) >= 11 is 0. The summed E-state index contributed by atoms with van der Waals surface area (Å²) in [5.41, 5.74) is 2.33. The van der Waals surface area contributed by atoms with Crippen molar-refractivity contribution in [1.82, 2.24) is 9.97 Å². The molecule has 25 heavy (non-hydrogen) atoms. The van der Waals surface area contributed by atoms with Gasteiger partial charge in [-0.1, -0.05) is 37.3 Å². The molecule has 1 aliphatic heterocycles. The fourth-order valence-corrected chi connectivity index (χ4v) is 3.49. The Bertz CT molecular complexity index is 684. The predicted molar refractivity (Wildman–Crippen MR) is 105 cm³/mol. The van der Waals surface area contributed by atoms with E-state index >= 15 is 0 Å². The molecule has 0 amide bonds. The Hall–Kier alpha value is -2.10. The van der Waals surface area contributed by atoms with Crippen LogP contribution in [0.5, 0.6) is 0 Å². The maximum Gasteiger partial charge on any atom is 0.228 e. The lowest BCUT2D eigenvalue weighted by atomic mass is 10.0. The summed E-state index contributed by atoms with van der Waals surface area (Å²) in [4.78, 5) is 14.4. The average Bonchev–Trinajstić information content (AvgIpc) is 2.60. The lowest BCUT2D eigenvalue weighted by molar-refractivity contribution is 0.444. The van der Waals surface area contributed by atoms with Crippen LogP contribution in [0.2, 0.25) is 0 Å². The van der Waals surface area contributed by atoms with Gasteiger partial charge in [-0.25, -0.2) is 4.98 Å². The monoisotopic (exact) mass is 338 g/mol. The third-order valence-corrected chi connectivity index (χ3v) is 4.89.